The van der Waals surface area contributed by atoms with Crippen molar-refractivity contribution in [2.75, 3.05) is 12.0 Å². The maximum absolute atomic E-state index is 12.9. The van der Waals surface area contributed by atoms with Crippen LogP contribution in [-0.4, -0.2) is 19.1 Å². The average Bonchev–Trinajstić information content (AvgIpc) is 2.94. The van der Waals surface area contributed by atoms with E-state index in [1.807, 2.05) is 47.4 Å². The molecule has 1 amide bonds. The molecule has 0 saturated heterocycles. The molecule has 1 aliphatic carbocycles. The number of carbonyl (C=O) groups excluding carboxylic acids is 1. The molecule has 0 N–H and O–H groups in total. The van der Waals surface area contributed by atoms with E-state index in [9.17, 15) is 4.79 Å². The summed E-state index contributed by atoms with van der Waals surface area (Å²) in [6.45, 7) is 2.07. The SMILES string of the molecule is COc1ccc(N2C(=O)c3ccccc3C2C)cc1OC1CCCCC1. The van der Waals surface area contributed by atoms with Crippen molar-refractivity contribution >= 4 is 11.6 Å². The molecular weight excluding hydrogens is 326 g/mol. The molecule has 1 atom stereocenters. The number of anilines is 1. The minimum atomic E-state index is 0.00891. The molecule has 4 nitrogen and oxygen atoms in total. The van der Waals surface area contributed by atoms with Crippen LogP contribution in [0, 0.1) is 0 Å². The number of amides is 1. The summed E-state index contributed by atoms with van der Waals surface area (Å²) in [5, 5.41) is 0. The van der Waals surface area contributed by atoms with Crippen LogP contribution in [0.1, 0.15) is 61.0 Å². The van der Waals surface area contributed by atoms with E-state index in [-0.39, 0.29) is 18.1 Å². The number of fused-ring (bicyclic) bond motifs is 1. The predicted octanol–water partition coefficient (Wildman–Crippen LogP) is 5.13. The monoisotopic (exact) mass is 351 g/mol. The third-order valence-electron chi connectivity index (χ3n) is 5.52. The molecule has 1 saturated carbocycles. The van der Waals surface area contributed by atoms with Gasteiger partial charge < -0.3 is 14.4 Å². The standard InChI is InChI=1S/C22H25NO3/c1-15-18-10-6-7-11-19(18)22(24)23(15)16-12-13-20(25-2)21(14-16)26-17-8-4-3-5-9-17/h6-7,10-15,17H,3-5,8-9H2,1-2H3. The lowest BCUT2D eigenvalue weighted by molar-refractivity contribution is 0.0992. The first-order chi connectivity index (χ1) is 12.7. The van der Waals surface area contributed by atoms with Crippen molar-refractivity contribution in [3.63, 3.8) is 0 Å². The summed E-state index contributed by atoms with van der Waals surface area (Å²) in [6, 6.07) is 13.6. The molecule has 2 aromatic carbocycles. The fraction of sp³-hybridized carbons (Fsp3) is 0.409. The van der Waals surface area contributed by atoms with Crippen LogP contribution in [0.4, 0.5) is 5.69 Å². The summed E-state index contributed by atoms with van der Waals surface area (Å²) >= 11 is 0. The third-order valence-corrected chi connectivity index (χ3v) is 5.52. The fourth-order valence-corrected chi connectivity index (χ4v) is 4.11. The molecule has 2 aromatic rings. The predicted molar refractivity (Wildman–Crippen MR) is 102 cm³/mol. The van der Waals surface area contributed by atoms with Crippen molar-refractivity contribution in [1.82, 2.24) is 0 Å². The lowest BCUT2D eigenvalue weighted by Crippen LogP contribution is -2.26. The number of benzene rings is 2. The molecule has 0 aromatic heterocycles. The Morgan fingerprint density at radius 1 is 1.00 bits per heavy atom. The van der Waals surface area contributed by atoms with Gasteiger partial charge in [0.2, 0.25) is 0 Å². The number of rotatable bonds is 4. The molecular formula is C22H25NO3. The first-order valence-electron chi connectivity index (χ1n) is 9.46. The minimum absolute atomic E-state index is 0.00891. The van der Waals surface area contributed by atoms with Crippen LogP contribution in [0.3, 0.4) is 0 Å². The summed E-state index contributed by atoms with van der Waals surface area (Å²) in [7, 11) is 1.65. The Morgan fingerprint density at radius 2 is 1.77 bits per heavy atom. The van der Waals surface area contributed by atoms with Gasteiger partial charge in [-0.25, -0.2) is 0 Å². The first-order valence-corrected chi connectivity index (χ1v) is 9.46. The van der Waals surface area contributed by atoms with Gasteiger partial charge in [-0.2, -0.15) is 0 Å². The summed E-state index contributed by atoms with van der Waals surface area (Å²) < 4.78 is 11.8. The first kappa shape index (κ1) is 17.0. The third kappa shape index (κ3) is 2.94. The fourth-order valence-electron chi connectivity index (χ4n) is 4.11. The molecule has 0 spiro atoms. The maximum atomic E-state index is 12.9. The molecule has 4 rings (SSSR count). The number of carbonyl (C=O) groups is 1. The quantitative estimate of drug-likeness (QED) is 0.767. The number of nitrogens with zero attached hydrogens (tertiary/aromatic N) is 1. The van der Waals surface area contributed by atoms with E-state index >= 15 is 0 Å². The zero-order valence-corrected chi connectivity index (χ0v) is 15.4. The molecule has 136 valence electrons. The van der Waals surface area contributed by atoms with Crippen LogP contribution in [0.15, 0.2) is 42.5 Å². The molecule has 1 heterocycles. The number of hydrogen-bond donors (Lipinski definition) is 0. The van der Waals surface area contributed by atoms with E-state index in [0.29, 0.717) is 0 Å². The van der Waals surface area contributed by atoms with E-state index < -0.39 is 0 Å². The highest BCUT2D eigenvalue weighted by Gasteiger charge is 2.35. The van der Waals surface area contributed by atoms with E-state index in [4.69, 9.17) is 9.47 Å². The second-order valence-electron chi connectivity index (χ2n) is 7.15. The Kier molecular flexibility index (Phi) is 4.58. The molecule has 4 heteroatoms. The van der Waals surface area contributed by atoms with Crippen molar-refractivity contribution in [2.45, 2.75) is 51.2 Å². The van der Waals surface area contributed by atoms with Crippen LogP contribution in [-0.2, 0) is 0 Å². The highest BCUT2D eigenvalue weighted by molar-refractivity contribution is 6.11. The van der Waals surface area contributed by atoms with E-state index in [0.717, 1.165) is 41.2 Å². The molecule has 1 fully saturated rings. The molecule has 0 radical (unpaired) electrons. The van der Waals surface area contributed by atoms with E-state index in [1.165, 1.54) is 19.3 Å². The highest BCUT2D eigenvalue weighted by atomic mass is 16.5. The smallest absolute Gasteiger partial charge is 0.259 e. The number of ether oxygens (including phenoxy) is 2. The van der Waals surface area contributed by atoms with Crippen molar-refractivity contribution in [2.24, 2.45) is 0 Å². The van der Waals surface area contributed by atoms with E-state index in [1.54, 1.807) is 7.11 Å². The number of methoxy groups -OCH3 is 1. The Balaban J connectivity index is 1.65. The van der Waals surface area contributed by atoms with Gasteiger partial charge in [-0.15, -0.1) is 0 Å². The van der Waals surface area contributed by atoms with Gasteiger partial charge in [0.1, 0.15) is 0 Å². The Morgan fingerprint density at radius 3 is 2.50 bits per heavy atom. The Hall–Kier alpha value is -2.49. The molecule has 26 heavy (non-hydrogen) atoms. The van der Waals surface area contributed by atoms with Crippen LogP contribution in [0.2, 0.25) is 0 Å². The van der Waals surface area contributed by atoms with Crippen molar-refractivity contribution in [1.29, 1.82) is 0 Å². The molecule has 2 aliphatic rings. The summed E-state index contributed by atoms with van der Waals surface area (Å²) in [6.07, 6.45) is 6.11. The summed E-state index contributed by atoms with van der Waals surface area (Å²) in [4.78, 5) is 14.8. The van der Waals surface area contributed by atoms with Gasteiger partial charge in [0.25, 0.3) is 5.91 Å². The van der Waals surface area contributed by atoms with Gasteiger partial charge in [0, 0.05) is 17.3 Å². The summed E-state index contributed by atoms with van der Waals surface area (Å²) in [5.74, 6) is 1.49. The van der Waals surface area contributed by atoms with Gasteiger partial charge in [-0.05, 0) is 56.4 Å². The Bertz CT molecular complexity index is 811. The van der Waals surface area contributed by atoms with Gasteiger partial charge in [-0.3, -0.25) is 4.79 Å². The van der Waals surface area contributed by atoms with Crippen LogP contribution in [0.5, 0.6) is 11.5 Å². The maximum Gasteiger partial charge on any atom is 0.259 e. The summed E-state index contributed by atoms with van der Waals surface area (Å²) in [5.41, 5.74) is 2.71. The zero-order valence-electron chi connectivity index (χ0n) is 15.4. The van der Waals surface area contributed by atoms with Crippen LogP contribution >= 0.6 is 0 Å². The van der Waals surface area contributed by atoms with E-state index in [2.05, 4.69) is 6.92 Å². The van der Waals surface area contributed by atoms with Gasteiger partial charge in [0.15, 0.2) is 11.5 Å². The topological polar surface area (TPSA) is 38.8 Å². The van der Waals surface area contributed by atoms with Crippen molar-refractivity contribution < 1.29 is 14.3 Å². The van der Waals surface area contributed by atoms with Crippen molar-refractivity contribution in [3.05, 3.63) is 53.6 Å². The molecule has 1 aliphatic heterocycles. The van der Waals surface area contributed by atoms with Crippen LogP contribution in [0.25, 0.3) is 0 Å². The lowest BCUT2D eigenvalue weighted by Gasteiger charge is -2.26. The molecule has 1 unspecified atom stereocenters. The lowest BCUT2D eigenvalue weighted by atomic mass is 9.98. The number of hydrogen-bond acceptors (Lipinski definition) is 3. The Labute approximate surface area is 154 Å². The van der Waals surface area contributed by atoms with Gasteiger partial charge in [0.05, 0.1) is 19.3 Å². The largest absolute Gasteiger partial charge is 0.493 e. The molecule has 0 bridgehead atoms. The zero-order chi connectivity index (χ0) is 18.1. The highest BCUT2D eigenvalue weighted by Crippen LogP contribution is 2.41. The van der Waals surface area contributed by atoms with Gasteiger partial charge in [-0.1, -0.05) is 24.6 Å². The second-order valence-corrected chi connectivity index (χ2v) is 7.15. The second kappa shape index (κ2) is 7.02. The minimum Gasteiger partial charge on any atom is -0.493 e. The van der Waals surface area contributed by atoms with Crippen LogP contribution < -0.4 is 14.4 Å². The van der Waals surface area contributed by atoms with Crippen molar-refractivity contribution in [3.8, 4) is 11.5 Å². The average molecular weight is 351 g/mol. The normalized spacial score (nSPS) is 20.2. The van der Waals surface area contributed by atoms with Gasteiger partial charge >= 0.3 is 0 Å².